The predicted molar refractivity (Wildman–Crippen MR) is 71.0 cm³/mol. The van der Waals surface area contributed by atoms with Gasteiger partial charge in [-0.1, -0.05) is 19.1 Å². The zero-order valence-corrected chi connectivity index (χ0v) is 11.2. The normalized spacial score (nSPS) is 19.3. The quantitative estimate of drug-likeness (QED) is 0.620. The van der Waals surface area contributed by atoms with Crippen molar-refractivity contribution in [2.24, 2.45) is 0 Å². The highest BCUT2D eigenvalue weighted by atomic mass is 32.1. The topological polar surface area (TPSA) is 63.0 Å². The molecule has 1 aliphatic rings. The molecule has 0 N–H and O–H groups in total. The average Bonchev–Trinajstić information content (AvgIpc) is 2.89. The third kappa shape index (κ3) is 2.91. The van der Waals surface area contributed by atoms with Crippen molar-refractivity contribution in [2.45, 2.75) is 38.3 Å². The summed E-state index contributed by atoms with van der Waals surface area (Å²) in [5, 5.41) is 8.98. The van der Waals surface area contributed by atoms with Crippen LogP contribution in [0, 0.1) is 11.2 Å². The Kier molecular flexibility index (Phi) is 4.37. The third-order valence-corrected chi connectivity index (χ3v) is 4.06. The number of hydrogen-bond donors (Lipinski definition) is 0. The average molecular weight is 262 g/mol. The summed E-state index contributed by atoms with van der Waals surface area (Å²) in [5.41, 5.74) is 0.947. The minimum atomic E-state index is -0.297. The van der Waals surface area contributed by atoms with Gasteiger partial charge in [-0.05, 0) is 36.9 Å². The lowest BCUT2D eigenvalue weighted by Gasteiger charge is -2.21. The molecule has 1 unspecified atom stereocenters. The Morgan fingerprint density at radius 3 is 3.33 bits per heavy atom. The molecule has 1 atom stereocenters. The number of carbonyl (C=O) groups is 1. The Morgan fingerprint density at radius 1 is 1.78 bits per heavy atom. The smallest absolute Gasteiger partial charge is 0.349 e. The van der Waals surface area contributed by atoms with Crippen LogP contribution >= 0.6 is 11.5 Å². The molecule has 1 aromatic heterocycles. The number of rotatable bonds is 3. The van der Waals surface area contributed by atoms with E-state index in [1.807, 2.05) is 6.07 Å². The lowest BCUT2D eigenvalue weighted by atomic mass is 9.41. The summed E-state index contributed by atoms with van der Waals surface area (Å²) in [6.07, 6.45) is 3.98. The molecule has 0 aromatic carbocycles. The van der Waals surface area contributed by atoms with E-state index in [1.165, 1.54) is 11.5 Å². The molecule has 0 aliphatic carbocycles. The van der Waals surface area contributed by atoms with Crippen LogP contribution in [0.25, 0.3) is 0 Å². The SMILES string of the molecule is CCOC(=O)c1cc(C2CCCB(C#N)C2)ns1. The fourth-order valence-corrected chi connectivity index (χ4v) is 3.07. The van der Waals surface area contributed by atoms with E-state index in [-0.39, 0.29) is 12.7 Å². The first kappa shape index (κ1) is 13.1. The second-order valence-corrected chi connectivity index (χ2v) is 5.33. The minimum Gasteiger partial charge on any atom is -0.462 e. The maximum absolute atomic E-state index is 11.6. The van der Waals surface area contributed by atoms with Crippen molar-refractivity contribution in [3.05, 3.63) is 16.6 Å². The van der Waals surface area contributed by atoms with Crippen LogP contribution < -0.4 is 0 Å². The van der Waals surface area contributed by atoms with Crippen LogP contribution in [-0.4, -0.2) is 23.7 Å². The Morgan fingerprint density at radius 2 is 2.61 bits per heavy atom. The fraction of sp³-hybridized carbons (Fsp3) is 0.583. The molecule has 1 aliphatic heterocycles. The summed E-state index contributed by atoms with van der Waals surface area (Å²) < 4.78 is 9.29. The number of esters is 1. The van der Waals surface area contributed by atoms with Crippen molar-refractivity contribution in [2.75, 3.05) is 6.61 Å². The van der Waals surface area contributed by atoms with Gasteiger partial charge in [-0.3, -0.25) is 0 Å². The van der Waals surface area contributed by atoms with Gasteiger partial charge in [0.05, 0.1) is 12.3 Å². The van der Waals surface area contributed by atoms with E-state index < -0.39 is 0 Å². The molecule has 2 heterocycles. The number of aromatic nitrogens is 1. The van der Waals surface area contributed by atoms with Gasteiger partial charge in [-0.25, -0.2) is 10.1 Å². The molecule has 0 bridgehead atoms. The molecule has 0 spiro atoms. The molecule has 4 nitrogen and oxygen atoms in total. The van der Waals surface area contributed by atoms with Crippen molar-refractivity contribution in [1.29, 1.82) is 5.26 Å². The van der Waals surface area contributed by atoms with Crippen LogP contribution in [0.2, 0.25) is 12.6 Å². The van der Waals surface area contributed by atoms with Crippen molar-refractivity contribution in [1.82, 2.24) is 4.37 Å². The first-order valence-corrected chi connectivity index (χ1v) is 7.05. The molecular weight excluding hydrogens is 247 g/mol. The fourth-order valence-electron chi connectivity index (χ4n) is 2.36. The Labute approximate surface area is 111 Å². The number of carbonyl (C=O) groups excluding carboxylic acids is 1. The van der Waals surface area contributed by atoms with Crippen LogP contribution in [-0.2, 0) is 4.74 Å². The summed E-state index contributed by atoms with van der Waals surface area (Å²) in [7, 11) is 0. The van der Waals surface area contributed by atoms with Gasteiger partial charge >= 0.3 is 5.97 Å². The van der Waals surface area contributed by atoms with Gasteiger partial charge in [0.15, 0.2) is 0 Å². The van der Waals surface area contributed by atoms with Crippen molar-refractivity contribution < 1.29 is 9.53 Å². The lowest BCUT2D eigenvalue weighted by Crippen LogP contribution is -2.20. The largest absolute Gasteiger partial charge is 0.462 e. The first-order chi connectivity index (χ1) is 8.74. The Hall–Kier alpha value is -1.35. The van der Waals surface area contributed by atoms with Crippen molar-refractivity contribution in [3.8, 4) is 5.97 Å². The monoisotopic (exact) mass is 262 g/mol. The molecule has 18 heavy (non-hydrogen) atoms. The van der Waals surface area contributed by atoms with Gasteiger partial charge in [-0.2, -0.15) is 4.37 Å². The number of ether oxygens (including phenoxy) is 1. The van der Waals surface area contributed by atoms with E-state index >= 15 is 0 Å². The highest BCUT2D eigenvalue weighted by Crippen LogP contribution is 2.34. The highest BCUT2D eigenvalue weighted by Gasteiger charge is 2.28. The maximum Gasteiger partial charge on any atom is 0.349 e. The van der Waals surface area contributed by atoms with Gasteiger partial charge < -0.3 is 4.74 Å². The van der Waals surface area contributed by atoms with Gasteiger partial charge in [0.1, 0.15) is 4.88 Å². The number of hydrogen-bond acceptors (Lipinski definition) is 5. The van der Waals surface area contributed by atoms with Crippen LogP contribution in [0.5, 0.6) is 0 Å². The predicted octanol–water partition coefficient (Wildman–Crippen LogP) is 2.75. The van der Waals surface area contributed by atoms with Crippen LogP contribution in [0.1, 0.15) is 41.0 Å². The maximum atomic E-state index is 11.6. The second-order valence-electron chi connectivity index (χ2n) is 4.53. The van der Waals surface area contributed by atoms with Gasteiger partial charge in [0.25, 0.3) is 6.71 Å². The van der Waals surface area contributed by atoms with E-state index in [0.717, 1.165) is 31.2 Å². The first-order valence-electron chi connectivity index (χ1n) is 6.28. The minimum absolute atomic E-state index is 0.136. The molecule has 94 valence electrons. The van der Waals surface area contributed by atoms with Crippen LogP contribution in [0.4, 0.5) is 0 Å². The molecule has 0 amide bonds. The highest BCUT2D eigenvalue weighted by molar-refractivity contribution is 7.08. The summed E-state index contributed by atoms with van der Waals surface area (Å²) in [4.78, 5) is 12.1. The summed E-state index contributed by atoms with van der Waals surface area (Å²) in [6, 6.07) is 1.83. The lowest BCUT2D eigenvalue weighted by molar-refractivity contribution is 0.0532. The van der Waals surface area contributed by atoms with Crippen molar-refractivity contribution >= 4 is 24.2 Å². The third-order valence-electron chi connectivity index (χ3n) is 3.28. The van der Waals surface area contributed by atoms with E-state index in [0.29, 0.717) is 17.4 Å². The standard InChI is InChI=1S/C12H15BN2O2S/c1-2-17-12(16)11-6-10(15-18-11)9-4-3-5-13(7-9)8-14/h6,9H,2-5,7H2,1H3. The van der Waals surface area contributed by atoms with Gasteiger partial charge in [0, 0.05) is 5.97 Å². The summed E-state index contributed by atoms with van der Waals surface area (Å²) in [6.45, 7) is 2.31. The molecule has 6 heteroatoms. The molecule has 1 fully saturated rings. The second kappa shape index (κ2) is 6.01. The van der Waals surface area contributed by atoms with Gasteiger partial charge in [0.2, 0.25) is 0 Å². The summed E-state index contributed by atoms with van der Waals surface area (Å²) >= 11 is 1.19. The molecule has 2 rings (SSSR count). The van der Waals surface area contributed by atoms with E-state index in [2.05, 4.69) is 10.3 Å². The molecule has 1 aromatic rings. The molecule has 0 saturated carbocycles. The number of nitrogens with zero attached hydrogens (tertiary/aromatic N) is 2. The van der Waals surface area contributed by atoms with E-state index in [9.17, 15) is 4.79 Å². The van der Waals surface area contributed by atoms with Gasteiger partial charge in [-0.15, -0.1) is 0 Å². The zero-order chi connectivity index (χ0) is 13.0. The number of nitriles is 1. The van der Waals surface area contributed by atoms with E-state index in [1.54, 1.807) is 6.92 Å². The molecule has 1 saturated heterocycles. The zero-order valence-electron chi connectivity index (χ0n) is 10.4. The van der Waals surface area contributed by atoms with Crippen LogP contribution in [0.15, 0.2) is 6.07 Å². The summed E-state index contributed by atoms with van der Waals surface area (Å²) in [5.74, 6) is 2.36. The van der Waals surface area contributed by atoms with E-state index in [4.69, 9.17) is 10.00 Å². The Balaban J connectivity index is 2.05. The Bertz CT molecular complexity index is 469. The van der Waals surface area contributed by atoms with Crippen molar-refractivity contribution in [3.63, 3.8) is 0 Å². The molecular formula is C12H15BN2O2S. The van der Waals surface area contributed by atoms with Crippen LogP contribution in [0.3, 0.4) is 0 Å². The molecule has 0 radical (unpaired) electrons.